The van der Waals surface area contributed by atoms with E-state index in [2.05, 4.69) is 30.2 Å². The van der Waals surface area contributed by atoms with Crippen LogP contribution < -0.4 is 15.0 Å². The van der Waals surface area contributed by atoms with Gasteiger partial charge in [0.05, 0.1) is 12.7 Å². The molecule has 154 valence electrons. The number of pyridine rings is 2. The summed E-state index contributed by atoms with van der Waals surface area (Å²) in [6.45, 7) is 4.61. The van der Waals surface area contributed by atoms with Gasteiger partial charge in [-0.3, -0.25) is 4.79 Å². The van der Waals surface area contributed by atoms with Crippen LogP contribution in [0.15, 0.2) is 49.1 Å². The summed E-state index contributed by atoms with van der Waals surface area (Å²) in [6, 6.07) is 9.23. The van der Waals surface area contributed by atoms with Crippen molar-refractivity contribution >= 4 is 23.4 Å². The average molecular weight is 405 g/mol. The Morgan fingerprint density at radius 3 is 2.50 bits per heavy atom. The van der Waals surface area contributed by atoms with Crippen LogP contribution in [0, 0.1) is 6.92 Å². The molecule has 0 unspecified atom stereocenters. The largest absolute Gasteiger partial charge is 0.481 e. The normalized spacial score (nSPS) is 13.8. The number of carbonyl (C=O) groups is 1. The van der Waals surface area contributed by atoms with Gasteiger partial charge in [0.15, 0.2) is 0 Å². The van der Waals surface area contributed by atoms with Crippen molar-refractivity contribution in [2.75, 3.05) is 43.5 Å². The number of amides is 1. The first-order valence-corrected chi connectivity index (χ1v) is 9.68. The summed E-state index contributed by atoms with van der Waals surface area (Å²) < 4.78 is 5.05. The van der Waals surface area contributed by atoms with Gasteiger partial charge in [-0.1, -0.05) is 0 Å². The minimum Gasteiger partial charge on any atom is -0.481 e. The molecule has 1 saturated heterocycles. The predicted octanol–water partition coefficient (Wildman–Crippen LogP) is 2.29. The third-order valence-corrected chi connectivity index (χ3v) is 4.91. The number of ether oxygens (including phenoxy) is 1. The Kier molecular flexibility index (Phi) is 5.69. The zero-order valence-corrected chi connectivity index (χ0v) is 16.9. The molecule has 4 rings (SSSR count). The molecule has 0 aliphatic carbocycles. The van der Waals surface area contributed by atoms with E-state index in [1.807, 2.05) is 30.0 Å². The van der Waals surface area contributed by atoms with Gasteiger partial charge in [0.2, 0.25) is 5.88 Å². The van der Waals surface area contributed by atoms with Crippen LogP contribution in [0.2, 0.25) is 0 Å². The second-order valence-electron chi connectivity index (χ2n) is 6.97. The highest BCUT2D eigenvalue weighted by Crippen LogP contribution is 2.20. The molecule has 1 aliphatic rings. The van der Waals surface area contributed by atoms with Gasteiger partial charge in [-0.25, -0.2) is 19.9 Å². The van der Waals surface area contributed by atoms with Crippen LogP contribution in [0.25, 0.3) is 0 Å². The van der Waals surface area contributed by atoms with Gasteiger partial charge in [0.25, 0.3) is 5.91 Å². The first-order valence-electron chi connectivity index (χ1n) is 9.68. The van der Waals surface area contributed by atoms with Crippen molar-refractivity contribution in [2.45, 2.75) is 6.92 Å². The highest BCUT2D eigenvalue weighted by molar-refractivity contribution is 5.94. The Morgan fingerprint density at radius 2 is 1.80 bits per heavy atom. The third-order valence-electron chi connectivity index (χ3n) is 4.91. The average Bonchev–Trinajstić information content (AvgIpc) is 2.79. The fraction of sp³-hybridized carbons (Fsp3) is 0.286. The van der Waals surface area contributed by atoms with Gasteiger partial charge in [-0.2, -0.15) is 0 Å². The summed E-state index contributed by atoms with van der Waals surface area (Å²) in [5.41, 5.74) is 1.68. The lowest BCUT2D eigenvalue weighted by Gasteiger charge is -2.35. The van der Waals surface area contributed by atoms with E-state index in [0.29, 0.717) is 43.4 Å². The molecule has 9 heteroatoms. The Hall–Kier alpha value is -3.75. The Balaban J connectivity index is 1.38. The molecule has 0 bridgehead atoms. The van der Waals surface area contributed by atoms with E-state index in [-0.39, 0.29) is 5.91 Å². The first kappa shape index (κ1) is 19.6. The summed E-state index contributed by atoms with van der Waals surface area (Å²) in [5.74, 6) is 2.70. The minimum absolute atomic E-state index is 0.0274. The number of methoxy groups -OCH3 is 1. The zero-order valence-electron chi connectivity index (χ0n) is 16.9. The van der Waals surface area contributed by atoms with E-state index >= 15 is 0 Å². The molecule has 4 heterocycles. The summed E-state index contributed by atoms with van der Waals surface area (Å²) in [7, 11) is 1.55. The number of nitrogens with zero attached hydrogens (tertiary/aromatic N) is 6. The number of carbonyl (C=O) groups excluding carboxylic acids is 1. The SMILES string of the molecule is COc1ccc(C(=O)N2CCN(c3cc(Nc4cc(C)ccn4)ncn3)CC2)cn1. The van der Waals surface area contributed by atoms with Gasteiger partial charge >= 0.3 is 0 Å². The summed E-state index contributed by atoms with van der Waals surface area (Å²) in [6.07, 6.45) is 4.84. The smallest absolute Gasteiger partial charge is 0.255 e. The van der Waals surface area contributed by atoms with Crippen molar-refractivity contribution < 1.29 is 9.53 Å². The molecule has 0 aromatic carbocycles. The number of hydrogen-bond acceptors (Lipinski definition) is 8. The molecule has 30 heavy (non-hydrogen) atoms. The molecule has 1 N–H and O–H groups in total. The fourth-order valence-electron chi connectivity index (χ4n) is 3.27. The second-order valence-corrected chi connectivity index (χ2v) is 6.97. The second kappa shape index (κ2) is 8.73. The van der Waals surface area contributed by atoms with E-state index in [1.54, 1.807) is 31.6 Å². The van der Waals surface area contributed by atoms with E-state index in [0.717, 1.165) is 17.2 Å². The van der Waals surface area contributed by atoms with E-state index < -0.39 is 0 Å². The van der Waals surface area contributed by atoms with Crippen LogP contribution in [0.4, 0.5) is 17.5 Å². The Bertz CT molecular complexity index is 1020. The highest BCUT2D eigenvalue weighted by Gasteiger charge is 2.23. The maximum atomic E-state index is 12.7. The van der Waals surface area contributed by atoms with Crippen LogP contribution in [-0.2, 0) is 0 Å². The summed E-state index contributed by atoms with van der Waals surface area (Å²) in [4.78, 5) is 33.8. The van der Waals surface area contributed by atoms with Crippen LogP contribution in [-0.4, -0.2) is 64.0 Å². The van der Waals surface area contributed by atoms with Crippen LogP contribution >= 0.6 is 0 Å². The number of hydrogen-bond donors (Lipinski definition) is 1. The zero-order chi connectivity index (χ0) is 20.9. The van der Waals surface area contributed by atoms with Crippen molar-refractivity contribution in [2.24, 2.45) is 0 Å². The Labute approximate surface area is 174 Å². The summed E-state index contributed by atoms with van der Waals surface area (Å²) in [5, 5.41) is 3.21. The predicted molar refractivity (Wildman–Crippen MR) is 113 cm³/mol. The minimum atomic E-state index is -0.0274. The van der Waals surface area contributed by atoms with Crippen molar-refractivity contribution in [3.63, 3.8) is 0 Å². The molecule has 3 aromatic heterocycles. The number of piperazine rings is 1. The summed E-state index contributed by atoms with van der Waals surface area (Å²) >= 11 is 0. The van der Waals surface area contributed by atoms with Gasteiger partial charge < -0.3 is 19.9 Å². The lowest BCUT2D eigenvalue weighted by atomic mass is 10.2. The number of aromatic nitrogens is 4. The molecule has 3 aromatic rings. The van der Waals surface area contributed by atoms with Gasteiger partial charge in [-0.05, 0) is 30.7 Å². The maximum Gasteiger partial charge on any atom is 0.255 e. The van der Waals surface area contributed by atoms with E-state index in [9.17, 15) is 4.79 Å². The molecule has 1 fully saturated rings. The standard InChI is InChI=1S/C21H23N7O2/c1-15-5-6-22-17(11-15)26-18-12-19(25-14-24-18)27-7-9-28(10-8-27)21(29)16-3-4-20(30-2)23-13-16/h3-6,11-14H,7-10H2,1-2H3,(H,22,24,25,26). The first-order chi connectivity index (χ1) is 14.6. The number of nitrogens with one attached hydrogen (secondary N) is 1. The number of aryl methyl sites for hydroxylation is 1. The van der Waals surface area contributed by atoms with E-state index in [4.69, 9.17) is 4.74 Å². The molecule has 1 amide bonds. The quantitative estimate of drug-likeness (QED) is 0.691. The Morgan fingerprint density at radius 1 is 1.00 bits per heavy atom. The van der Waals surface area contributed by atoms with Crippen molar-refractivity contribution in [3.05, 3.63) is 60.2 Å². The molecule has 0 spiro atoms. The fourth-order valence-corrected chi connectivity index (χ4v) is 3.27. The third kappa shape index (κ3) is 4.45. The molecular weight excluding hydrogens is 382 g/mol. The molecule has 0 radical (unpaired) electrons. The van der Waals surface area contributed by atoms with Crippen molar-refractivity contribution in [1.82, 2.24) is 24.8 Å². The van der Waals surface area contributed by atoms with Crippen molar-refractivity contribution in [1.29, 1.82) is 0 Å². The van der Waals surface area contributed by atoms with Crippen molar-refractivity contribution in [3.8, 4) is 5.88 Å². The lowest BCUT2D eigenvalue weighted by molar-refractivity contribution is 0.0746. The van der Waals surface area contributed by atoms with Crippen LogP contribution in [0.5, 0.6) is 5.88 Å². The monoisotopic (exact) mass is 405 g/mol. The maximum absolute atomic E-state index is 12.7. The number of anilines is 3. The van der Waals surface area contributed by atoms with Gasteiger partial charge in [-0.15, -0.1) is 0 Å². The molecular formula is C21H23N7O2. The van der Waals surface area contributed by atoms with Gasteiger partial charge in [0.1, 0.15) is 23.8 Å². The van der Waals surface area contributed by atoms with E-state index in [1.165, 1.54) is 6.33 Å². The lowest BCUT2D eigenvalue weighted by Crippen LogP contribution is -2.49. The topological polar surface area (TPSA) is 96.4 Å². The molecule has 1 aliphatic heterocycles. The highest BCUT2D eigenvalue weighted by atomic mass is 16.5. The molecule has 0 saturated carbocycles. The van der Waals surface area contributed by atoms with Crippen LogP contribution in [0.1, 0.15) is 15.9 Å². The molecule has 0 atom stereocenters. The number of rotatable bonds is 5. The van der Waals surface area contributed by atoms with Crippen LogP contribution in [0.3, 0.4) is 0 Å². The molecule has 9 nitrogen and oxygen atoms in total. The van der Waals surface area contributed by atoms with Gasteiger partial charge in [0, 0.05) is 50.7 Å².